The lowest BCUT2D eigenvalue weighted by Gasteiger charge is -2.44. The van der Waals surface area contributed by atoms with Crippen LogP contribution in [0.1, 0.15) is 40.5 Å². The van der Waals surface area contributed by atoms with Crippen LogP contribution in [0.5, 0.6) is 0 Å². The van der Waals surface area contributed by atoms with Crippen LogP contribution in [0.3, 0.4) is 0 Å². The molecule has 1 N–H and O–H groups in total. The average Bonchev–Trinajstić information content (AvgIpc) is 2.46. The Morgan fingerprint density at radius 3 is 2.48 bits per heavy atom. The van der Waals surface area contributed by atoms with Crippen LogP contribution in [-0.2, 0) is 4.74 Å². The fourth-order valence-electron chi connectivity index (χ4n) is 3.51. The largest absolute Gasteiger partial charge is 0.381 e. The number of ether oxygens (including phenoxy) is 1. The number of nitrogens with zero attached hydrogens (tertiary/aromatic N) is 2. The molecule has 4 nitrogen and oxygen atoms in total. The second kappa shape index (κ2) is 7.91. The molecule has 2 aliphatic rings. The summed E-state index contributed by atoms with van der Waals surface area (Å²) in [5.41, 5.74) is 0.311. The molecule has 0 amide bonds. The molecule has 2 fully saturated rings. The standard InChI is InChI=1S/C17H35N3O/c1-5-7-18-16-6-12-21-14-15(16)13-19-8-10-20(11-9-19)17(2,3)4/h15-16,18H,5-14H2,1-4H3. The summed E-state index contributed by atoms with van der Waals surface area (Å²) in [5, 5.41) is 3.73. The highest BCUT2D eigenvalue weighted by molar-refractivity contribution is 4.86. The number of nitrogens with one attached hydrogen (secondary N) is 1. The van der Waals surface area contributed by atoms with E-state index in [4.69, 9.17) is 4.74 Å². The Morgan fingerprint density at radius 2 is 1.86 bits per heavy atom. The lowest BCUT2D eigenvalue weighted by molar-refractivity contribution is 0.000355. The molecule has 0 aromatic carbocycles. The summed E-state index contributed by atoms with van der Waals surface area (Å²) in [5.74, 6) is 0.659. The second-order valence-electron chi connectivity index (χ2n) is 7.64. The zero-order chi connectivity index (χ0) is 15.3. The Labute approximate surface area is 131 Å². The minimum atomic E-state index is 0.311. The van der Waals surface area contributed by atoms with Crippen molar-refractivity contribution in [2.24, 2.45) is 5.92 Å². The first-order valence-corrected chi connectivity index (χ1v) is 8.79. The molecular weight excluding hydrogens is 262 g/mol. The summed E-state index contributed by atoms with van der Waals surface area (Å²) in [7, 11) is 0. The fourth-order valence-corrected chi connectivity index (χ4v) is 3.51. The summed E-state index contributed by atoms with van der Waals surface area (Å²) in [4.78, 5) is 5.25. The minimum absolute atomic E-state index is 0.311. The molecule has 21 heavy (non-hydrogen) atoms. The van der Waals surface area contributed by atoms with Gasteiger partial charge in [0.25, 0.3) is 0 Å². The monoisotopic (exact) mass is 297 g/mol. The molecule has 0 saturated carbocycles. The molecule has 0 bridgehead atoms. The maximum Gasteiger partial charge on any atom is 0.0521 e. The number of rotatable bonds is 5. The van der Waals surface area contributed by atoms with E-state index in [1.165, 1.54) is 45.6 Å². The van der Waals surface area contributed by atoms with Gasteiger partial charge in [0.15, 0.2) is 0 Å². The van der Waals surface area contributed by atoms with Gasteiger partial charge in [-0.2, -0.15) is 0 Å². The maximum atomic E-state index is 5.73. The molecule has 2 unspecified atom stereocenters. The summed E-state index contributed by atoms with van der Waals surface area (Å²) in [6, 6.07) is 0.652. The number of piperazine rings is 1. The normalized spacial score (nSPS) is 29.7. The molecular formula is C17H35N3O. The highest BCUT2D eigenvalue weighted by atomic mass is 16.5. The average molecular weight is 297 g/mol. The molecule has 2 atom stereocenters. The van der Waals surface area contributed by atoms with E-state index in [0.717, 1.165) is 19.8 Å². The van der Waals surface area contributed by atoms with E-state index >= 15 is 0 Å². The van der Waals surface area contributed by atoms with Gasteiger partial charge in [-0.15, -0.1) is 0 Å². The molecule has 2 rings (SSSR count). The van der Waals surface area contributed by atoms with Crippen molar-refractivity contribution in [2.75, 3.05) is 52.5 Å². The van der Waals surface area contributed by atoms with Crippen molar-refractivity contribution in [3.05, 3.63) is 0 Å². The van der Waals surface area contributed by atoms with Crippen molar-refractivity contribution in [1.82, 2.24) is 15.1 Å². The SMILES string of the molecule is CCCNC1CCOCC1CN1CCN(C(C)(C)C)CC1. The Balaban J connectivity index is 1.78. The van der Waals surface area contributed by atoms with Crippen molar-refractivity contribution in [3.63, 3.8) is 0 Å². The van der Waals surface area contributed by atoms with Gasteiger partial charge in [-0.05, 0) is 40.2 Å². The fraction of sp³-hybridized carbons (Fsp3) is 1.00. The molecule has 2 aliphatic heterocycles. The quantitative estimate of drug-likeness (QED) is 0.837. The predicted molar refractivity (Wildman–Crippen MR) is 88.8 cm³/mol. The molecule has 0 radical (unpaired) electrons. The van der Waals surface area contributed by atoms with E-state index in [9.17, 15) is 0 Å². The Bertz CT molecular complexity index is 295. The van der Waals surface area contributed by atoms with E-state index in [1.807, 2.05) is 0 Å². The van der Waals surface area contributed by atoms with Gasteiger partial charge in [-0.1, -0.05) is 6.92 Å². The van der Waals surface area contributed by atoms with Gasteiger partial charge in [-0.25, -0.2) is 0 Å². The van der Waals surface area contributed by atoms with Crippen molar-refractivity contribution in [2.45, 2.75) is 52.1 Å². The Kier molecular flexibility index (Phi) is 6.48. The Hall–Kier alpha value is -0.160. The van der Waals surface area contributed by atoms with Crippen LogP contribution in [0.25, 0.3) is 0 Å². The van der Waals surface area contributed by atoms with Crippen LogP contribution < -0.4 is 5.32 Å². The van der Waals surface area contributed by atoms with Crippen LogP contribution >= 0.6 is 0 Å². The van der Waals surface area contributed by atoms with Gasteiger partial charge in [-0.3, -0.25) is 4.90 Å². The third kappa shape index (κ3) is 5.20. The summed E-state index contributed by atoms with van der Waals surface area (Å²) >= 11 is 0. The lowest BCUT2D eigenvalue weighted by Crippen LogP contribution is -2.56. The van der Waals surface area contributed by atoms with Crippen LogP contribution in [0.15, 0.2) is 0 Å². The summed E-state index contributed by atoms with van der Waals surface area (Å²) in [6.45, 7) is 18.2. The van der Waals surface area contributed by atoms with Crippen LogP contribution in [0, 0.1) is 5.92 Å². The highest BCUT2D eigenvalue weighted by Crippen LogP contribution is 2.20. The first kappa shape index (κ1) is 17.2. The molecule has 0 aromatic heterocycles. The van der Waals surface area contributed by atoms with Crippen LogP contribution in [-0.4, -0.2) is 73.9 Å². The van der Waals surface area contributed by atoms with Crippen molar-refractivity contribution in [1.29, 1.82) is 0 Å². The zero-order valence-electron chi connectivity index (χ0n) is 14.5. The maximum absolute atomic E-state index is 5.73. The van der Waals surface area contributed by atoms with Crippen LogP contribution in [0.4, 0.5) is 0 Å². The van der Waals surface area contributed by atoms with Gasteiger partial charge in [0, 0.05) is 56.8 Å². The first-order valence-electron chi connectivity index (χ1n) is 8.79. The molecule has 0 spiro atoms. The Morgan fingerprint density at radius 1 is 1.14 bits per heavy atom. The predicted octanol–water partition coefficient (Wildman–Crippen LogP) is 1.81. The highest BCUT2D eigenvalue weighted by Gasteiger charge is 2.30. The third-order valence-electron chi connectivity index (χ3n) is 4.94. The number of hydrogen-bond donors (Lipinski definition) is 1. The molecule has 0 aliphatic carbocycles. The van der Waals surface area contributed by atoms with Gasteiger partial charge in [0.05, 0.1) is 6.61 Å². The summed E-state index contributed by atoms with van der Waals surface area (Å²) in [6.07, 6.45) is 2.39. The van der Waals surface area contributed by atoms with E-state index < -0.39 is 0 Å². The zero-order valence-corrected chi connectivity index (χ0v) is 14.5. The second-order valence-corrected chi connectivity index (χ2v) is 7.64. The van der Waals surface area contributed by atoms with Gasteiger partial charge >= 0.3 is 0 Å². The van der Waals surface area contributed by atoms with E-state index in [-0.39, 0.29) is 0 Å². The van der Waals surface area contributed by atoms with Gasteiger partial charge in [0.2, 0.25) is 0 Å². The topological polar surface area (TPSA) is 27.7 Å². The van der Waals surface area contributed by atoms with E-state index in [1.54, 1.807) is 0 Å². The summed E-state index contributed by atoms with van der Waals surface area (Å²) < 4.78 is 5.73. The van der Waals surface area contributed by atoms with Crippen molar-refractivity contribution < 1.29 is 4.74 Å². The molecule has 2 saturated heterocycles. The van der Waals surface area contributed by atoms with E-state index in [2.05, 4.69) is 42.8 Å². The molecule has 0 aromatic rings. The smallest absolute Gasteiger partial charge is 0.0521 e. The molecule has 4 heteroatoms. The van der Waals surface area contributed by atoms with Gasteiger partial charge < -0.3 is 15.0 Å². The molecule has 124 valence electrons. The van der Waals surface area contributed by atoms with Crippen molar-refractivity contribution in [3.8, 4) is 0 Å². The van der Waals surface area contributed by atoms with Gasteiger partial charge in [0.1, 0.15) is 0 Å². The minimum Gasteiger partial charge on any atom is -0.381 e. The number of hydrogen-bond acceptors (Lipinski definition) is 4. The third-order valence-corrected chi connectivity index (χ3v) is 4.94. The molecule has 2 heterocycles. The first-order chi connectivity index (χ1) is 10.0. The lowest BCUT2D eigenvalue weighted by atomic mass is 9.94. The van der Waals surface area contributed by atoms with Crippen LogP contribution in [0.2, 0.25) is 0 Å². The van der Waals surface area contributed by atoms with E-state index in [0.29, 0.717) is 17.5 Å². The van der Waals surface area contributed by atoms with Crippen molar-refractivity contribution >= 4 is 0 Å².